The molecule has 0 saturated carbocycles. The van der Waals surface area contributed by atoms with Crippen LogP contribution in [0.2, 0.25) is 0 Å². The second kappa shape index (κ2) is 12.2. The van der Waals surface area contributed by atoms with Crippen LogP contribution in [0, 0.1) is 18.7 Å². The summed E-state index contributed by atoms with van der Waals surface area (Å²) in [7, 11) is 0. The van der Waals surface area contributed by atoms with Crippen molar-refractivity contribution in [2.45, 2.75) is 40.0 Å². The number of thiophene rings is 1. The summed E-state index contributed by atoms with van der Waals surface area (Å²) in [4.78, 5) is 30.3. The van der Waals surface area contributed by atoms with Crippen LogP contribution in [0.4, 0.5) is 28.0 Å². The van der Waals surface area contributed by atoms with E-state index in [2.05, 4.69) is 5.32 Å². The van der Waals surface area contributed by atoms with Crippen LogP contribution in [-0.4, -0.2) is 34.8 Å². The van der Waals surface area contributed by atoms with Gasteiger partial charge in [0.15, 0.2) is 0 Å². The predicted octanol–water partition coefficient (Wildman–Crippen LogP) is 6.93. The van der Waals surface area contributed by atoms with Gasteiger partial charge in [-0.15, -0.1) is 11.3 Å². The van der Waals surface area contributed by atoms with Gasteiger partial charge in [0.2, 0.25) is 5.91 Å². The molecule has 0 atom stereocenters. The van der Waals surface area contributed by atoms with Gasteiger partial charge in [0.1, 0.15) is 12.4 Å². The third-order valence-electron chi connectivity index (χ3n) is 5.61. The van der Waals surface area contributed by atoms with E-state index in [0.717, 1.165) is 16.5 Å². The van der Waals surface area contributed by atoms with Crippen molar-refractivity contribution in [3.63, 3.8) is 0 Å². The smallest absolute Gasteiger partial charge is 0.332 e. The highest BCUT2D eigenvalue weighted by atomic mass is 32.1. The molecule has 0 radical (unpaired) electrons. The number of amides is 3. The summed E-state index contributed by atoms with van der Waals surface area (Å²) in [6, 6.07) is 11.6. The van der Waals surface area contributed by atoms with Gasteiger partial charge >= 0.3 is 12.2 Å². The first-order chi connectivity index (χ1) is 17.4. The van der Waals surface area contributed by atoms with Crippen LogP contribution in [0.25, 0.3) is 0 Å². The summed E-state index contributed by atoms with van der Waals surface area (Å²) < 4.78 is 53.7. The highest BCUT2D eigenvalue weighted by molar-refractivity contribution is 7.10. The van der Waals surface area contributed by atoms with Crippen molar-refractivity contribution in [1.29, 1.82) is 0 Å². The number of nitrogens with one attached hydrogen (secondary N) is 1. The maximum absolute atomic E-state index is 13.5. The molecule has 1 N–H and O–H groups in total. The van der Waals surface area contributed by atoms with Crippen LogP contribution in [0.5, 0.6) is 0 Å². The van der Waals surface area contributed by atoms with Crippen LogP contribution in [-0.2, 0) is 24.1 Å². The number of aryl methyl sites for hydroxylation is 1. The van der Waals surface area contributed by atoms with Crippen molar-refractivity contribution in [1.82, 2.24) is 9.80 Å². The third kappa shape index (κ3) is 8.04. The van der Waals surface area contributed by atoms with Crippen LogP contribution < -0.4 is 5.32 Å². The minimum absolute atomic E-state index is 0.0403. The molecule has 0 fully saturated rings. The quantitative estimate of drug-likeness (QED) is 0.302. The van der Waals surface area contributed by atoms with Crippen molar-refractivity contribution in [3.8, 4) is 0 Å². The summed E-state index contributed by atoms with van der Waals surface area (Å²) >= 11 is 1.50. The lowest BCUT2D eigenvalue weighted by Crippen LogP contribution is -2.45. The van der Waals surface area contributed by atoms with E-state index in [-0.39, 0.29) is 43.7 Å². The van der Waals surface area contributed by atoms with Gasteiger partial charge in [0.05, 0.1) is 17.8 Å². The Balaban J connectivity index is 1.83. The molecule has 5 nitrogen and oxygen atoms in total. The van der Waals surface area contributed by atoms with E-state index in [4.69, 9.17) is 0 Å². The highest BCUT2D eigenvalue weighted by Gasteiger charge is 2.34. The summed E-state index contributed by atoms with van der Waals surface area (Å²) in [6.07, 6.45) is -4.65. The molecule has 3 amide bonds. The van der Waals surface area contributed by atoms with E-state index >= 15 is 0 Å². The molecule has 0 saturated heterocycles. The van der Waals surface area contributed by atoms with Gasteiger partial charge in [0, 0.05) is 18.0 Å². The molecule has 0 aliphatic rings. The van der Waals surface area contributed by atoms with Crippen LogP contribution in [0.3, 0.4) is 0 Å². The molecule has 0 bridgehead atoms. The van der Waals surface area contributed by atoms with E-state index in [9.17, 15) is 27.2 Å². The van der Waals surface area contributed by atoms with E-state index in [1.807, 2.05) is 32.2 Å². The van der Waals surface area contributed by atoms with Gasteiger partial charge < -0.3 is 15.1 Å². The monoisotopic (exact) mass is 535 g/mol. The number of hydrogen-bond donors (Lipinski definition) is 1. The second-order valence-corrected chi connectivity index (χ2v) is 10.2. The Morgan fingerprint density at radius 2 is 1.65 bits per heavy atom. The van der Waals surface area contributed by atoms with E-state index in [0.29, 0.717) is 5.56 Å². The van der Waals surface area contributed by atoms with E-state index in [1.54, 1.807) is 17.0 Å². The lowest BCUT2D eigenvalue weighted by Gasteiger charge is -2.29. The number of anilines is 1. The van der Waals surface area contributed by atoms with Crippen LogP contribution in [0.15, 0.2) is 60.0 Å². The lowest BCUT2D eigenvalue weighted by atomic mass is 10.1. The Kier molecular flexibility index (Phi) is 9.31. The molecule has 3 aromatic rings. The Bertz CT molecular complexity index is 1210. The fourth-order valence-electron chi connectivity index (χ4n) is 3.74. The molecular formula is C27H29F4N3O2S. The van der Waals surface area contributed by atoms with Crippen LogP contribution >= 0.6 is 11.3 Å². The topological polar surface area (TPSA) is 52.7 Å². The van der Waals surface area contributed by atoms with Crippen molar-refractivity contribution in [3.05, 3.63) is 87.4 Å². The zero-order valence-corrected chi connectivity index (χ0v) is 21.6. The first kappa shape index (κ1) is 28.2. The number of carbonyl (C=O) groups excluding carboxylic acids is 2. The number of rotatable bonds is 9. The molecule has 1 aromatic heterocycles. The van der Waals surface area contributed by atoms with Gasteiger partial charge in [-0.25, -0.2) is 9.18 Å². The molecule has 10 heteroatoms. The zero-order valence-electron chi connectivity index (χ0n) is 20.8. The van der Waals surface area contributed by atoms with E-state index in [1.165, 1.54) is 46.6 Å². The van der Waals surface area contributed by atoms with Crippen LogP contribution in [0.1, 0.15) is 35.4 Å². The van der Waals surface area contributed by atoms with Gasteiger partial charge in [0.25, 0.3) is 0 Å². The summed E-state index contributed by atoms with van der Waals surface area (Å²) in [5.74, 6) is -0.812. The van der Waals surface area contributed by atoms with Gasteiger partial charge in [-0.05, 0) is 59.7 Å². The number of halogens is 4. The largest absolute Gasteiger partial charge is 0.418 e. The molecule has 2 aromatic carbocycles. The molecule has 0 aliphatic heterocycles. The van der Waals surface area contributed by atoms with Crippen molar-refractivity contribution in [2.24, 2.45) is 5.92 Å². The Hall–Kier alpha value is -3.40. The van der Waals surface area contributed by atoms with Gasteiger partial charge in [-0.2, -0.15) is 13.2 Å². The number of alkyl halides is 3. The van der Waals surface area contributed by atoms with Gasteiger partial charge in [-0.1, -0.05) is 38.1 Å². The predicted molar refractivity (Wildman–Crippen MR) is 137 cm³/mol. The SMILES string of the molecule is Cc1ccsc1CN(Cc1ccc(F)cc1)C(=O)CN(CC(C)C)C(=O)Nc1ccccc1C(F)(F)F. The van der Waals surface area contributed by atoms with Crippen molar-refractivity contribution >= 4 is 29.0 Å². The molecule has 0 spiro atoms. The van der Waals surface area contributed by atoms with E-state index < -0.39 is 23.6 Å². The maximum Gasteiger partial charge on any atom is 0.418 e. The first-order valence-corrected chi connectivity index (χ1v) is 12.6. The average Bonchev–Trinajstić information content (AvgIpc) is 3.23. The third-order valence-corrected chi connectivity index (χ3v) is 6.62. The fraction of sp³-hybridized carbons (Fsp3) is 0.333. The molecular weight excluding hydrogens is 506 g/mol. The first-order valence-electron chi connectivity index (χ1n) is 11.7. The molecule has 0 unspecified atom stereocenters. The summed E-state index contributed by atoms with van der Waals surface area (Å²) in [5, 5.41) is 4.25. The minimum Gasteiger partial charge on any atom is -0.332 e. The Morgan fingerprint density at radius 1 is 0.973 bits per heavy atom. The highest BCUT2D eigenvalue weighted by Crippen LogP contribution is 2.34. The zero-order chi connectivity index (χ0) is 27.2. The summed E-state index contributed by atoms with van der Waals surface area (Å²) in [5.41, 5.74) is 0.384. The number of hydrogen-bond acceptors (Lipinski definition) is 3. The van der Waals surface area contributed by atoms with Gasteiger partial charge in [-0.3, -0.25) is 4.79 Å². The maximum atomic E-state index is 13.5. The Labute approximate surface area is 217 Å². The minimum atomic E-state index is -4.65. The Morgan fingerprint density at radius 3 is 2.24 bits per heavy atom. The molecule has 3 rings (SSSR count). The molecule has 198 valence electrons. The number of urea groups is 1. The summed E-state index contributed by atoms with van der Waals surface area (Å²) in [6.45, 7) is 5.93. The molecule has 37 heavy (non-hydrogen) atoms. The number of nitrogens with zero attached hydrogens (tertiary/aromatic N) is 2. The normalized spacial score (nSPS) is 11.5. The average molecular weight is 536 g/mol. The standard InChI is InChI=1S/C27H29F4N3O2S/c1-18(2)14-34(26(36)32-23-7-5-4-6-22(23)27(29,30)31)17-25(35)33(16-24-19(3)12-13-37-24)15-20-8-10-21(28)11-9-20/h4-13,18H,14-17H2,1-3H3,(H,32,36). The number of para-hydroxylation sites is 1. The van der Waals surface area contributed by atoms with Crippen molar-refractivity contribution in [2.75, 3.05) is 18.4 Å². The van der Waals surface area contributed by atoms with Crippen molar-refractivity contribution < 1.29 is 27.2 Å². The lowest BCUT2D eigenvalue weighted by molar-refractivity contribution is -0.137. The molecule has 1 heterocycles. The number of carbonyl (C=O) groups is 2. The second-order valence-electron chi connectivity index (χ2n) is 9.15. The fourth-order valence-corrected chi connectivity index (χ4v) is 4.66. The number of benzene rings is 2. The molecule has 0 aliphatic carbocycles.